The van der Waals surface area contributed by atoms with Crippen LogP contribution in [-0.4, -0.2) is 25.7 Å². The van der Waals surface area contributed by atoms with Crippen molar-refractivity contribution in [2.24, 2.45) is 11.3 Å². The van der Waals surface area contributed by atoms with Crippen LogP contribution in [-0.2, 0) is 9.53 Å². The first-order valence-electron chi connectivity index (χ1n) is 5.59. The van der Waals surface area contributed by atoms with Gasteiger partial charge in [-0.2, -0.15) is 0 Å². The molecular weight excluding hydrogens is 190 g/mol. The topological polar surface area (TPSA) is 38.3 Å². The first-order chi connectivity index (χ1) is 6.78. The van der Waals surface area contributed by atoms with Crippen molar-refractivity contribution < 1.29 is 9.53 Å². The lowest BCUT2D eigenvalue weighted by atomic mass is 9.92. The van der Waals surface area contributed by atoms with E-state index in [1.165, 1.54) is 7.11 Å². The quantitative estimate of drug-likeness (QED) is 0.715. The molecule has 1 atom stereocenters. The summed E-state index contributed by atoms with van der Waals surface area (Å²) in [5, 5.41) is 3.25. The normalized spacial score (nSPS) is 14.1. The van der Waals surface area contributed by atoms with Gasteiger partial charge in [-0.3, -0.25) is 4.79 Å². The highest BCUT2D eigenvalue weighted by Crippen LogP contribution is 2.17. The largest absolute Gasteiger partial charge is 0.468 e. The summed E-state index contributed by atoms with van der Waals surface area (Å²) in [7, 11) is 1.43. The molecule has 0 aromatic rings. The summed E-state index contributed by atoms with van der Waals surface area (Å²) in [5.74, 6) is 0.0938. The Kier molecular flexibility index (Phi) is 5.88. The Bertz CT molecular complexity index is 194. The van der Waals surface area contributed by atoms with Crippen molar-refractivity contribution in [1.82, 2.24) is 5.32 Å². The fourth-order valence-corrected chi connectivity index (χ4v) is 1.32. The third-order valence-electron chi connectivity index (χ3n) is 2.36. The van der Waals surface area contributed by atoms with E-state index >= 15 is 0 Å². The van der Waals surface area contributed by atoms with E-state index in [0.29, 0.717) is 5.41 Å². The molecule has 0 fully saturated rings. The van der Waals surface area contributed by atoms with Gasteiger partial charge in [-0.25, -0.2) is 0 Å². The van der Waals surface area contributed by atoms with E-state index in [2.05, 4.69) is 26.1 Å². The van der Waals surface area contributed by atoms with E-state index in [9.17, 15) is 4.79 Å². The minimum Gasteiger partial charge on any atom is -0.468 e. The highest BCUT2D eigenvalue weighted by atomic mass is 16.5. The van der Waals surface area contributed by atoms with Crippen LogP contribution in [0.3, 0.4) is 0 Å². The number of hydrogen-bond donors (Lipinski definition) is 1. The predicted molar refractivity (Wildman–Crippen MR) is 62.7 cm³/mol. The zero-order valence-corrected chi connectivity index (χ0v) is 10.9. The molecule has 15 heavy (non-hydrogen) atoms. The fourth-order valence-electron chi connectivity index (χ4n) is 1.32. The number of rotatable bonds is 5. The number of ether oxygens (including phenoxy) is 1. The van der Waals surface area contributed by atoms with Gasteiger partial charge in [-0.15, -0.1) is 0 Å². The lowest BCUT2D eigenvalue weighted by Crippen LogP contribution is -2.42. The number of carbonyl (C=O) groups excluding carboxylic acids is 1. The second-order valence-electron chi connectivity index (χ2n) is 5.51. The number of methoxy groups -OCH3 is 1. The Morgan fingerprint density at radius 2 is 1.87 bits per heavy atom. The van der Waals surface area contributed by atoms with Gasteiger partial charge in [-0.05, 0) is 24.3 Å². The van der Waals surface area contributed by atoms with Gasteiger partial charge >= 0.3 is 5.97 Å². The first-order valence-corrected chi connectivity index (χ1v) is 5.59. The average Bonchev–Trinajstić information content (AvgIpc) is 2.09. The molecule has 90 valence electrons. The SMILES string of the molecule is COC(=O)[C@@H](NCCC(C)(C)C)C(C)C. The maximum atomic E-state index is 11.4. The Labute approximate surface area is 93.6 Å². The Hall–Kier alpha value is -0.570. The van der Waals surface area contributed by atoms with Crippen LogP contribution in [0, 0.1) is 11.3 Å². The molecule has 0 bridgehead atoms. The standard InChI is InChI=1S/C12H25NO2/c1-9(2)10(11(14)15-6)13-8-7-12(3,4)5/h9-10,13H,7-8H2,1-6H3/t10-/m0/s1. The molecule has 0 heterocycles. The highest BCUT2D eigenvalue weighted by Gasteiger charge is 2.22. The zero-order valence-electron chi connectivity index (χ0n) is 10.9. The minimum absolute atomic E-state index is 0.168. The number of carbonyl (C=O) groups is 1. The average molecular weight is 215 g/mol. The van der Waals surface area contributed by atoms with Crippen molar-refractivity contribution in [3.8, 4) is 0 Å². The van der Waals surface area contributed by atoms with Crippen molar-refractivity contribution in [3.05, 3.63) is 0 Å². The second-order valence-corrected chi connectivity index (χ2v) is 5.51. The number of esters is 1. The van der Waals surface area contributed by atoms with Crippen molar-refractivity contribution in [2.45, 2.75) is 47.1 Å². The smallest absolute Gasteiger partial charge is 0.323 e. The molecule has 0 amide bonds. The molecular formula is C12H25NO2. The Morgan fingerprint density at radius 1 is 1.33 bits per heavy atom. The van der Waals surface area contributed by atoms with Crippen LogP contribution in [0.15, 0.2) is 0 Å². The molecule has 0 spiro atoms. The fraction of sp³-hybridized carbons (Fsp3) is 0.917. The van der Waals surface area contributed by atoms with Crippen LogP contribution in [0.2, 0.25) is 0 Å². The van der Waals surface area contributed by atoms with Crippen LogP contribution in [0.1, 0.15) is 41.0 Å². The van der Waals surface area contributed by atoms with Crippen LogP contribution in [0.4, 0.5) is 0 Å². The molecule has 3 heteroatoms. The lowest BCUT2D eigenvalue weighted by Gasteiger charge is -2.23. The summed E-state index contributed by atoms with van der Waals surface area (Å²) in [4.78, 5) is 11.4. The lowest BCUT2D eigenvalue weighted by molar-refractivity contribution is -0.144. The number of hydrogen-bond acceptors (Lipinski definition) is 3. The molecule has 0 radical (unpaired) electrons. The van der Waals surface area contributed by atoms with Crippen LogP contribution in [0.25, 0.3) is 0 Å². The summed E-state index contributed by atoms with van der Waals surface area (Å²) >= 11 is 0. The molecule has 0 aromatic heterocycles. The molecule has 0 rings (SSSR count). The third-order valence-corrected chi connectivity index (χ3v) is 2.36. The van der Waals surface area contributed by atoms with Gasteiger partial charge in [0.05, 0.1) is 7.11 Å². The second kappa shape index (κ2) is 6.11. The van der Waals surface area contributed by atoms with Crippen molar-refractivity contribution in [2.75, 3.05) is 13.7 Å². The van der Waals surface area contributed by atoms with E-state index in [1.807, 2.05) is 13.8 Å². The summed E-state index contributed by atoms with van der Waals surface area (Å²) in [6.07, 6.45) is 1.05. The Morgan fingerprint density at radius 3 is 2.20 bits per heavy atom. The maximum Gasteiger partial charge on any atom is 0.323 e. The van der Waals surface area contributed by atoms with Gasteiger partial charge in [-0.1, -0.05) is 34.6 Å². The molecule has 0 saturated carbocycles. The molecule has 0 aliphatic heterocycles. The van der Waals surface area contributed by atoms with E-state index < -0.39 is 0 Å². The predicted octanol–water partition coefficient (Wildman–Crippen LogP) is 2.21. The van der Waals surface area contributed by atoms with E-state index in [1.54, 1.807) is 0 Å². The molecule has 0 unspecified atom stereocenters. The zero-order chi connectivity index (χ0) is 12.1. The first kappa shape index (κ1) is 14.4. The molecule has 3 nitrogen and oxygen atoms in total. The summed E-state index contributed by atoms with van der Waals surface area (Å²) in [6.45, 7) is 11.5. The number of nitrogens with one attached hydrogen (secondary N) is 1. The van der Waals surface area contributed by atoms with E-state index in [0.717, 1.165) is 13.0 Å². The van der Waals surface area contributed by atoms with Gasteiger partial charge in [0.15, 0.2) is 0 Å². The van der Waals surface area contributed by atoms with Crippen LogP contribution < -0.4 is 5.32 Å². The van der Waals surface area contributed by atoms with Crippen molar-refractivity contribution in [3.63, 3.8) is 0 Å². The van der Waals surface area contributed by atoms with E-state index in [4.69, 9.17) is 4.74 Å². The van der Waals surface area contributed by atoms with E-state index in [-0.39, 0.29) is 17.9 Å². The molecule has 0 aliphatic rings. The third kappa shape index (κ3) is 6.50. The van der Waals surface area contributed by atoms with Crippen LogP contribution >= 0.6 is 0 Å². The monoisotopic (exact) mass is 215 g/mol. The molecule has 0 aliphatic carbocycles. The van der Waals surface area contributed by atoms with Crippen molar-refractivity contribution >= 4 is 5.97 Å². The highest BCUT2D eigenvalue weighted by molar-refractivity contribution is 5.75. The van der Waals surface area contributed by atoms with Gasteiger partial charge in [0.1, 0.15) is 6.04 Å². The van der Waals surface area contributed by atoms with Gasteiger partial charge in [0, 0.05) is 0 Å². The minimum atomic E-state index is -0.183. The van der Waals surface area contributed by atoms with Gasteiger partial charge < -0.3 is 10.1 Å². The summed E-state index contributed by atoms with van der Waals surface area (Å²) in [5.41, 5.74) is 0.296. The summed E-state index contributed by atoms with van der Waals surface area (Å²) in [6, 6.07) is -0.183. The van der Waals surface area contributed by atoms with Crippen LogP contribution in [0.5, 0.6) is 0 Å². The van der Waals surface area contributed by atoms with Gasteiger partial charge in [0.2, 0.25) is 0 Å². The molecule has 0 saturated heterocycles. The van der Waals surface area contributed by atoms with Gasteiger partial charge in [0.25, 0.3) is 0 Å². The molecule has 0 aromatic carbocycles. The molecule has 1 N–H and O–H groups in total. The Balaban J connectivity index is 4.04. The maximum absolute atomic E-state index is 11.4. The summed E-state index contributed by atoms with van der Waals surface area (Å²) < 4.78 is 4.75. The van der Waals surface area contributed by atoms with Crippen molar-refractivity contribution in [1.29, 1.82) is 0 Å².